The van der Waals surface area contributed by atoms with Gasteiger partial charge in [-0.15, -0.1) is 0 Å². The highest BCUT2D eigenvalue weighted by Gasteiger charge is 2.29. The van der Waals surface area contributed by atoms with Gasteiger partial charge in [-0.1, -0.05) is 11.2 Å². The first-order valence-electron chi connectivity index (χ1n) is 9.17. The molecule has 3 heterocycles. The molecule has 0 bridgehead atoms. The van der Waals surface area contributed by atoms with Gasteiger partial charge in [0.1, 0.15) is 0 Å². The number of nitrogens with zero attached hydrogens (tertiary/aromatic N) is 3. The van der Waals surface area contributed by atoms with Crippen LogP contribution >= 0.6 is 0 Å². The quantitative estimate of drug-likeness (QED) is 0.675. The molecule has 0 unspecified atom stereocenters. The number of morpholine rings is 1. The first-order chi connectivity index (χ1) is 13.6. The molecular weight excluding hydrogens is 363 g/mol. The Labute approximate surface area is 161 Å². The average molecular weight is 384 g/mol. The van der Waals surface area contributed by atoms with Crippen molar-refractivity contribution in [2.24, 2.45) is 0 Å². The van der Waals surface area contributed by atoms with Gasteiger partial charge in [0.2, 0.25) is 5.58 Å². The third kappa shape index (κ3) is 3.43. The van der Waals surface area contributed by atoms with E-state index in [2.05, 4.69) is 15.5 Å². The molecule has 1 aliphatic heterocycles. The van der Waals surface area contributed by atoms with Crippen molar-refractivity contribution in [1.82, 2.24) is 10.1 Å². The summed E-state index contributed by atoms with van der Waals surface area (Å²) in [5.74, 6) is -0.195. The predicted molar refractivity (Wildman–Crippen MR) is 103 cm³/mol. The summed E-state index contributed by atoms with van der Waals surface area (Å²) >= 11 is 0. The lowest BCUT2D eigenvalue weighted by Crippen LogP contribution is -2.46. The summed E-state index contributed by atoms with van der Waals surface area (Å²) in [5, 5.41) is 7.50. The van der Waals surface area contributed by atoms with Gasteiger partial charge in [-0.25, -0.2) is 4.39 Å². The molecule has 1 aromatic carbocycles. The van der Waals surface area contributed by atoms with Crippen LogP contribution in [0.1, 0.15) is 29.8 Å². The van der Waals surface area contributed by atoms with E-state index in [9.17, 15) is 4.79 Å². The van der Waals surface area contributed by atoms with Crippen LogP contribution in [-0.2, 0) is 11.3 Å². The maximum Gasteiger partial charge on any atom is 0.206 e. The zero-order valence-electron chi connectivity index (χ0n) is 15.7. The lowest BCUT2D eigenvalue weighted by atomic mass is 10.1. The van der Waals surface area contributed by atoms with Crippen LogP contribution < -0.4 is 10.2 Å². The molecule has 28 heavy (non-hydrogen) atoms. The lowest BCUT2D eigenvalue weighted by Gasteiger charge is -2.37. The first kappa shape index (κ1) is 18.4. The molecule has 8 heteroatoms. The van der Waals surface area contributed by atoms with Gasteiger partial charge >= 0.3 is 0 Å². The van der Waals surface area contributed by atoms with Crippen molar-refractivity contribution in [1.29, 1.82) is 0 Å². The number of hydrogen-bond donors (Lipinski definition) is 1. The number of pyridine rings is 1. The second kappa shape index (κ2) is 7.55. The van der Waals surface area contributed by atoms with Crippen molar-refractivity contribution in [3.05, 3.63) is 47.5 Å². The molecule has 7 nitrogen and oxygen atoms in total. The van der Waals surface area contributed by atoms with Gasteiger partial charge in [0.15, 0.2) is 17.9 Å². The zero-order valence-corrected chi connectivity index (χ0v) is 15.7. The van der Waals surface area contributed by atoms with Gasteiger partial charge in [0.05, 0.1) is 23.3 Å². The monoisotopic (exact) mass is 384 g/mol. The number of aromatic nitrogens is 2. The second-order valence-corrected chi connectivity index (χ2v) is 7.03. The fraction of sp³-hybridized carbons (Fsp3) is 0.350. The highest BCUT2D eigenvalue weighted by atomic mass is 19.1. The Morgan fingerprint density at radius 2 is 2.14 bits per heavy atom. The van der Waals surface area contributed by atoms with Crippen molar-refractivity contribution in [3.8, 4) is 0 Å². The van der Waals surface area contributed by atoms with Gasteiger partial charge in [-0.2, -0.15) is 0 Å². The van der Waals surface area contributed by atoms with Gasteiger partial charge in [0.25, 0.3) is 0 Å². The van der Waals surface area contributed by atoms with Crippen LogP contribution in [0, 0.1) is 5.82 Å². The van der Waals surface area contributed by atoms with Crippen LogP contribution in [0.15, 0.2) is 35.1 Å². The first-order valence-corrected chi connectivity index (χ1v) is 9.17. The summed E-state index contributed by atoms with van der Waals surface area (Å²) in [6.45, 7) is 5.29. The molecule has 146 valence electrons. The number of fused-ring (bicyclic) bond motifs is 1. The Morgan fingerprint density at radius 3 is 2.82 bits per heavy atom. The van der Waals surface area contributed by atoms with Crippen LogP contribution in [0.5, 0.6) is 0 Å². The summed E-state index contributed by atoms with van der Waals surface area (Å²) in [7, 11) is 0. The zero-order chi connectivity index (χ0) is 19.7. The number of benzene rings is 1. The van der Waals surface area contributed by atoms with Crippen molar-refractivity contribution in [2.45, 2.75) is 32.6 Å². The van der Waals surface area contributed by atoms with Crippen molar-refractivity contribution in [3.63, 3.8) is 0 Å². The van der Waals surface area contributed by atoms with E-state index in [1.54, 1.807) is 18.5 Å². The van der Waals surface area contributed by atoms with E-state index >= 15 is 4.39 Å². The van der Waals surface area contributed by atoms with E-state index < -0.39 is 5.82 Å². The Bertz CT molecular complexity index is 982. The molecule has 2 aromatic heterocycles. The Hall–Kier alpha value is -3.00. The van der Waals surface area contributed by atoms with Crippen LogP contribution in [-0.4, -0.2) is 41.7 Å². The highest BCUT2D eigenvalue weighted by Crippen LogP contribution is 2.35. The number of anilines is 2. The Morgan fingerprint density at radius 1 is 1.36 bits per heavy atom. The van der Waals surface area contributed by atoms with E-state index in [0.717, 1.165) is 5.56 Å². The van der Waals surface area contributed by atoms with Gasteiger partial charge in [-0.3, -0.25) is 9.78 Å². The third-order valence-corrected chi connectivity index (χ3v) is 4.75. The van der Waals surface area contributed by atoms with E-state index in [0.29, 0.717) is 37.1 Å². The minimum Gasteiger partial charge on any atom is -0.372 e. The van der Waals surface area contributed by atoms with E-state index in [1.165, 1.54) is 0 Å². The highest BCUT2D eigenvalue weighted by molar-refractivity contribution is 5.98. The number of nitrogens with one attached hydrogen (secondary N) is 1. The molecule has 0 radical (unpaired) electrons. The lowest BCUT2D eigenvalue weighted by molar-refractivity contribution is -0.00543. The summed E-state index contributed by atoms with van der Waals surface area (Å²) in [6.07, 6.45) is 3.96. The second-order valence-electron chi connectivity index (χ2n) is 7.03. The Kier molecular flexibility index (Phi) is 4.95. The van der Waals surface area contributed by atoms with Crippen molar-refractivity contribution in [2.75, 3.05) is 23.3 Å². The minimum absolute atomic E-state index is 0.0288. The number of carbonyl (C=O) groups excluding carboxylic acids is 1. The number of ether oxygens (including phenoxy) is 1. The number of halogens is 1. The van der Waals surface area contributed by atoms with Crippen LogP contribution in [0.25, 0.3) is 11.0 Å². The molecule has 0 aliphatic carbocycles. The van der Waals surface area contributed by atoms with Crippen LogP contribution in [0.2, 0.25) is 0 Å². The molecule has 2 atom stereocenters. The maximum atomic E-state index is 15.3. The molecule has 0 spiro atoms. The summed E-state index contributed by atoms with van der Waals surface area (Å²) < 4.78 is 26.3. The summed E-state index contributed by atoms with van der Waals surface area (Å²) in [6, 6.07) is 5.37. The average Bonchev–Trinajstić information content (AvgIpc) is 3.09. The number of hydrogen-bond acceptors (Lipinski definition) is 7. The normalized spacial score (nSPS) is 19.8. The van der Waals surface area contributed by atoms with E-state index in [4.69, 9.17) is 9.26 Å². The summed E-state index contributed by atoms with van der Waals surface area (Å²) in [4.78, 5) is 17.6. The molecule has 1 saturated heterocycles. The van der Waals surface area contributed by atoms with Crippen LogP contribution in [0.4, 0.5) is 15.9 Å². The molecule has 1 aliphatic rings. The maximum absolute atomic E-state index is 15.3. The van der Waals surface area contributed by atoms with Gasteiger partial charge in [0, 0.05) is 37.6 Å². The topological polar surface area (TPSA) is 80.5 Å². The number of aldehydes is 1. The van der Waals surface area contributed by atoms with E-state index in [1.807, 2.05) is 30.9 Å². The minimum atomic E-state index is -0.581. The standard InChI is InChI=1S/C20H21FN4O3/c1-12-9-25(10-13(2)27-12)18-15(11-26)6-16-19(17(18)21)28-24-20(16)23-8-14-4-3-5-22-7-14/h3-7,11-13H,8-10H2,1-2H3,(H,23,24)/t12-,13+. The SMILES string of the molecule is C[C@@H]1CN(c2c(C=O)cc3c(NCc4cccnc4)noc3c2F)C[C@H](C)O1. The van der Waals surface area contributed by atoms with Gasteiger partial charge < -0.3 is 19.5 Å². The third-order valence-electron chi connectivity index (χ3n) is 4.75. The molecular formula is C20H21FN4O3. The number of rotatable bonds is 5. The van der Waals surface area contributed by atoms with E-state index in [-0.39, 0.29) is 29.0 Å². The summed E-state index contributed by atoms with van der Waals surface area (Å²) in [5.41, 5.74) is 1.47. The predicted octanol–water partition coefficient (Wildman–Crippen LogP) is 3.40. The van der Waals surface area contributed by atoms with Gasteiger partial charge in [-0.05, 0) is 31.5 Å². The molecule has 3 aromatic rings. The molecule has 4 rings (SSSR count). The fourth-order valence-electron chi connectivity index (χ4n) is 3.64. The molecule has 0 amide bonds. The largest absolute Gasteiger partial charge is 0.372 e. The fourth-order valence-corrected chi connectivity index (χ4v) is 3.64. The molecule has 1 fully saturated rings. The molecule has 0 saturated carbocycles. The smallest absolute Gasteiger partial charge is 0.206 e. The van der Waals surface area contributed by atoms with Crippen molar-refractivity contribution >= 4 is 28.8 Å². The molecule has 1 N–H and O–H groups in total. The Balaban J connectivity index is 1.69. The van der Waals surface area contributed by atoms with Crippen LogP contribution in [0.3, 0.4) is 0 Å². The number of carbonyl (C=O) groups is 1. The van der Waals surface area contributed by atoms with Crippen molar-refractivity contribution < 1.29 is 18.4 Å².